The smallest absolute Gasteiger partial charge is 0.0316 e. The highest BCUT2D eigenvalue weighted by Crippen LogP contribution is 2.35. The maximum Gasteiger partial charge on any atom is 0.0316 e. The van der Waals surface area contributed by atoms with Crippen LogP contribution in [0, 0.1) is 13.8 Å². The summed E-state index contributed by atoms with van der Waals surface area (Å²) >= 11 is 0. The molecule has 0 aliphatic rings. The van der Waals surface area contributed by atoms with Crippen molar-refractivity contribution in [3.63, 3.8) is 0 Å². The number of aryl methyl sites for hydroxylation is 4. The summed E-state index contributed by atoms with van der Waals surface area (Å²) in [6, 6.07) is 32.3. The largest absolute Gasteiger partial charge is 0.399 e. The van der Waals surface area contributed by atoms with Gasteiger partial charge in [0.15, 0.2) is 0 Å². The second-order valence-corrected chi connectivity index (χ2v) is 17.3. The Balaban J connectivity index is 1.12. The second kappa shape index (κ2) is 26.4. The number of benzene rings is 4. The first kappa shape index (κ1) is 45.2. The van der Waals surface area contributed by atoms with E-state index >= 15 is 0 Å². The number of unbranched alkanes of at least 4 members (excludes halogenated alkanes) is 17. The fourth-order valence-corrected chi connectivity index (χ4v) is 8.99. The summed E-state index contributed by atoms with van der Waals surface area (Å²) < 4.78 is 0. The van der Waals surface area contributed by atoms with E-state index in [4.69, 9.17) is 11.5 Å². The molecule has 4 aromatic carbocycles. The fraction of sp³-hybridized carbons (Fsp3) is 0.556. The van der Waals surface area contributed by atoms with E-state index < -0.39 is 0 Å². The summed E-state index contributed by atoms with van der Waals surface area (Å²) in [5, 5.41) is 0. The van der Waals surface area contributed by atoms with Crippen LogP contribution >= 0.6 is 0 Å². The van der Waals surface area contributed by atoms with Crippen LogP contribution in [0.2, 0.25) is 0 Å². The molecule has 2 unspecified atom stereocenters. The minimum absolute atomic E-state index is 0.457. The molecule has 2 nitrogen and oxygen atoms in total. The number of anilines is 2. The molecule has 4 aromatic rings. The molecule has 56 heavy (non-hydrogen) atoms. The van der Waals surface area contributed by atoms with Crippen LogP contribution in [-0.2, 0) is 12.8 Å². The summed E-state index contributed by atoms with van der Waals surface area (Å²) in [5.41, 5.74) is 25.4. The van der Waals surface area contributed by atoms with Gasteiger partial charge < -0.3 is 11.5 Å². The van der Waals surface area contributed by atoms with E-state index in [1.165, 1.54) is 199 Å². The molecule has 4 N–H and O–H groups in total. The maximum atomic E-state index is 6.13. The first-order valence-electron chi connectivity index (χ1n) is 23.3. The molecule has 0 radical (unpaired) electrons. The zero-order valence-electron chi connectivity index (χ0n) is 36.4. The molecule has 0 amide bonds. The van der Waals surface area contributed by atoms with Gasteiger partial charge in [-0.3, -0.25) is 0 Å². The Labute approximate surface area is 344 Å². The maximum absolute atomic E-state index is 6.13. The highest BCUT2D eigenvalue weighted by molar-refractivity contribution is 5.49. The third kappa shape index (κ3) is 16.1. The van der Waals surface area contributed by atoms with Crippen LogP contribution in [0.1, 0.15) is 211 Å². The third-order valence-electron chi connectivity index (χ3n) is 12.5. The van der Waals surface area contributed by atoms with Gasteiger partial charge >= 0.3 is 0 Å². The Morgan fingerprint density at radius 1 is 0.375 bits per heavy atom. The molecule has 0 fully saturated rings. The zero-order chi connectivity index (χ0) is 39.8. The SMILES string of the molecule is CCCCCCCCC(c1ccc(CCCCCCCCCCc2ccc(C(CCCCCCCC)c3ccc(N)cc3C)cc2)cc1)c1ccc(N)cc1C. The van der Waals surface area contributed by atoms with Crippen molar-refractivity contribution in [3.05, 3.63) is 129 Å². The number of nitrogens with two attached hydrogens (primary N) is 2. The van der Waals surface area contributed by atoms with E-state index in [1.54, 1.807) is 0 Å². The number of hydrogen-bond acceptors (Lipinski definition) is 2. The van der Waals surface area contributed by atoms with Gasteiger partial charge in [0.25, 0.3) is 0 Å². The quantitative estimate of drug-likeness (QED) is 0.0428. The lowest BCUT2D eigenvalue weighted by atomic mass is 9.84. The monoisotopic (exact) mass is 757 g/mol. The van der Waals surface area contributed by atoms with Crippen molar-refractivity contribution in [1.29, 1.82) is 0 Å². The molecule has 0 aliphatic heterocycles. The van der Waals surface area contributed by atoms with Crippen molar-refractivity contribution in [2.75, 3.05) is 11.5 Å². The van der Waals surface area contributed by atoms with Crippen molar-refractivity contribution in [2.45, 2.75) is 194 Å². The molecule has 2 heteroatoms. The standard InChI is InChI=1S/C54H80N2/c1-5-7-9-11-19-23-27-53(51-39-37-49(55)41-43(51)3)47-33-29-45(30-34-47)25-21-17-15-13-14-16-18-22-26-46-31-35-48(36-32-46)54(28-24-20-12-10-8-6-2)52-40-38-50(56)42-44(52)4/h29-42,53-54H,5-28,55-56H2,1-4H3. The van der Waals surface area contributed by atoms with Crippen LogP contribution in [0.4, 0.5) is 11.4 Å². The number of hydrogen-bond donors (Lipinski definition) is 2. The first-order valence-corrected chi connectivity index (χ1v) is 23.3. The molecule has 0 saturated carbocycles. The molecule has 0 heterocycles. The molecule has 4 rings (SSSR count). The Bertz CT molecular complexity index is 1490. The normalized spacial score (nSPS) is 12.6. The molecule has 0 saturated heterocycles. The Kier molecular flexibility index (Phi) is 21.3. The van der Waals surface area contributed by atoms with Gasteiger partial charge in [-0.15, -0.1) is 0 Å². The van der Waals surface area contributed by atoms with Crippen molar-refractivity contribution < 1.29 is 0 Å². The molecule has 0 spiro atoms. The Hall–Kier alpha value is -3.52. The predicted molar refractivity (Wildman–Crippen MR) is 248 cm³/mol. The van der Waals surface area contributed by atoms with Crippen molar-refractivity contribution in [2.24, 2.45) is 0 Å². The molecule has 0 aromatic heterocycles. The van der Waals surface area contributed by atoms with Crippen LogP contribution in [0.25, 0.3) is 0 Å². The number of nitrogen functional groups attached to an aromatic ring is 2. The summed E-state index contributed by atoms with van der Waals surface area (Å²) in [4.78, 5) is 0. The van der Waals surface area contributed by atoms with Gasteiger partial charge in [-0.2, -0.15) is 0 Å². The van der Waals surface area contributed by atoms with Crippen LogP contribution in [0.15, 0.2) is 84.9 Å². The van der Waals surface area contributed by atoms with Gasteiger partial charge in [-0.25, -0.2) is 0 Å². The van der Waals surface area contributed by atoms with Gasteiger partial charge in [-0.1, -0.05) is 190 Å². The van der Waals surface area contributed by atoms with Crippen molar-refractivity contribution >= 4 is 11.4 Å². The minimum Gasteiger partial charge on any atom is -0.399 e. The van der Waals surface area contributed by atoms with Crippen LogP contribution in [-0.4, -0.2) is 0 Å². The Morgan fingerprint density at radius 2 is 0.696 bits per heavy atom. The van der Waals surface area contributed by atoms with E-state index in [-0.39, 0.29) is 0 Å². The van der Waals surface area contributed by atoms with Gasteiger partial charge in [0.2, 0.25) is 0 Å². The lowest BCUT2D eigenvalue weighted by Crippen LogP contribution is -2.05. The highest BCUT2D eigenvalue weighted by Gasteiger charge is 2.18. The van der Waals surface area contributed by atoms with Gasteiger partial charge in [-0.05, 0) is 121 Å². The molecular weight excluding hydrogens is 677 g/mol. The van der Waals surface area contributed by atoms with Crippen LogP contribution in [0.5, 0.6) is 0 Å². The lowest BCUT2D eigenvalue weighted by Gasteiger charge is -2.21. The fourth-order valence-electron chi connectivity index (χ4n) is 8.99. The third-order valence-corrected chi connectivity index (χ3v) is 12.5. The summed E-state index contributed by atoms with van der Waals surface area (Å²) in [7, 11) is 0. The van der Waals surface area contributed by atoms with Crippen molar-refractivity contribution in [3.8, 4) is 0 Å². The van der Waals surface area contributed by atoms with E-state index in [2.05, 4.69) is 113 Å². The summed E-state index contributed by atoms with van der Waals surface area (Å²) in [5.74, 6) is 0.915. The summed E-state index contributed by atoms with van der Waals surface area (Å²) in [6.07, 6.45) is 31.7. The molecule has 0 aliphatic carbocycles. The Morgan fingerprint density at radius 3 is 1.04 bits per heavy atom. The number of rotatable bonds is 29. The van der Waals surface area contributed by atoms with Crippen molar-refractivity contribution in [1.82, 2.24) is 0 Å². The first-order chi connectivity index (χ1) is 27.4. The molecular formula is C54H80N2. The van der Waals surface area contributed by atoms with Gasteiger partial charge in [0.05, 0.1) is 0 Å². The topological polar surface area (TPSA) is 52.0 Å². The average molecular weight is 757 g/mol. The predicted octanol–water partition coefficient (Wildman–Crippen LogP) is 16.1. The van der Waals surface area contributed by atoms with E-state index in [1.807, 2.05) is 0 Å². The molecule has 0 bridgehead atoms. The van der Waals surface area contributed by atoms with E-state index in [0.29, 0.717) is 11.8 Å². The zero-order valence-corrected chi connectivity index (χ0v) is 36.4. The second-order valence-electron chi connectivity index (χ2n) is 17.3. The molecule has 306 valence electrons. The highest BCUT2D eigenvalue weighted by atomic mass is 14.5. The van der Waals surface area contributed by atoms with E-state index in [0.717, 1.165) is 11.4 Å². The molecule has 2 atom stereocenters. The lowest BCUT2D eigenvalue weighted by molar-refractivity contribution is 0.565. The minimum atomic E-state index is 0.457. The van der Waals surface area contributed by atoms with Gasteiger partial charge in [0.1, 0.15) is 0 Å². The van der Waals surface area contributed by atoms with E-state index in [9.17, 15) is 0 Å². The summed E-state index contributed by atoms with van der Waals surface area (Å²) in [6.45, 7) is 9.05. The van der Waals surface area contributed by atoms with Crippen LogP contribution < -0.4 is 11.5 Å². The average Bonchev–Trinajstić information content (AvgIpc) is 3.19. The van der Waals surface area contributed by atoms with Gasteiger partial charge in [0, 0.05) is 23.2 Å². The van der Waals surface area contributed by atoms with Crippen LogP contribution in [0.3, 0.4) is 0 Å².